The molecule has 9 heteroatoms. The van der Waals surface area contributed by atoms with Crippen molar-refractivity contribution in [2.75, 3.05) is 20.7 Å². The Hall–Kier alpha value is -3.36. The third-order valence-corrected chi connectivity index (χ3v) is 4.52. The third-order valence-electron chi connectivity index (χ3n) is 4.52. The number of rotatable bonds is 5. The summed E-state index contributed by atoms with van der Waals surface area (Å²) in [7, 11) is 3.21. The summed E-state index contributed by atoms with van der Waals surface area (Å²) in [5.74, 6) is 0.787. The van der Waals surface area contributed by atoms with Crippen LogP contribution in [0.15, 0.2) is 47.0 Å². The van der Waals surface area contributed by atoms with E-state index in [0.717, 1.165) is 17.0 Å². The summed E-state index contributed by atoms with van der Waals surface area (Å²) in [6.45, 7) is 5.98. The maximum atomic E-state index is 12.3. The fourth-order valence-electron chi connectivity index (χ4n) is 2.99. The first kappa shape index (κ1) is 18.4. The molecule has 0 radical (unpaired) electrons. The van der Waals surface area contributed by atoms with Crippen molar-refractivity contribution in [1.82, 2.24) is 20.5 Å². The number of methoxy groups -OCH3 is 1. The van der Waals surface area contributed by atoms with E-state index >= 15 is 0 Å². The van der Waals surface area contributed by atoms with E-state index in [1.807, 2.05) is 31.2 Å². The van der Waals surface area contributed by atoms with Gasteiger partial charge in [-0.1, -0.05) is 6.08 Å². The van der Waals surface area contributed by atoms with Crippen LogP contribution in [0.3, 0.4) is 0 Å². The number of fused-ring (bicyclic) bond motifs is 1. The second-order valence-corrected chi connectivity index (χ2v) is 6.20. The lowest BCUT2D eigenvalue weighted by molar-refractivity contribution is -0.126. The van der Waals surface area contributed by atoms with Gasteiger partial charge in [-0.15, -0.1) is 6.58 Å². The van der Waals surface area contributed by atoms with Gasteiger partial charge in [-0.3, -0.25) is 10.1 Å². The van der Waals surface area contributed by atoms with Crippen molar-refractivity contribution in [3.63, 3.8) is 0 Å². The Kier molecular flexibility index (Phi) is 5.11. The van der Waals surface area contributed by atoms with Crippen molar-refractivity contribution in [2.24, 2.45) is 10.1 Å². The van der Waals surface area contributed by atoms with Crippen molar-refractivity contribution in [1.29, 1.82) is 0 Å². The highest BCUT2D eigenvalue weighted by Gasteiger charge is 2.48. The van der Waals surface area contributed by atoms with Gasteiger partial charge < -0.3 is 14.5 Å². The molecule has 0 bridgehead atoms. The van der Waals surface area contributed by atoms with Crippen LogP contribution in [0.5, 0.6) is 5.75 Å². The lowest BCUT2D eigenvalue weighted by Gasteiger charge is -2.35. The van der Waals surface area contributed by atoms with Crippen molar-refractivity contribution >= 4 is 23.6 Å². The second-order valence-electron chi connectivity index (χ2n) is 6.20. The molecule has 27 heavy (non-hydrogen) atoms. The highest BCUT2D eigenvalue weighted by molar-refractivity contribution is 6.04. The fourth-order valence-corrected chi connectivity index (χ4v) is 2.99. The maximum absolute atomic E-state index is 12.3. The number of nitrogens with zero attached hydrogens (tertiary/aromatic N) is 4. The first-order chi connectivity index (χ1) is 13.0. The van der Waals surface area contributed by atoms with Crippen molar-refractivity contribution in [3.8, 4) is 5.75 Å². The summed E-state index contributed by atoms with van der Waals surface area (Å²) >= 11 is 0. The van der Waals surface area contributed by atoms with E-state index in [2.05, 4.69) is 27.4 Å². The number of guanidine groups is 1. The molecule has 2 aliphatic heterocycles. The largest absolute Gasteiger partial charge is 0.497 e. The van der Waals surface area contributed by atoms with Gasteiger partial charge in [0.1, 0.15) is 5.75 Å². The van der Waals surface area contributed by atoms with Crippen LogP contribution in [-0.4, -0.2) is 66.3 Å². The molecule has 3 amide bonds. The van der Waals surface area contributed by atoms with Crippen LogP contribution in [-0.2, 0) is 4.79 Å². The lowest BCUT2D eigenvalue weighted by atomic mass is 10.1. The molecule has 2 unspecified atom stereocenters. The van der Waals surface area contributed by atoms with Crippen molar-refractivity contribution in [2.45, 2.75) is 19.1 Å². The Bertz CT molecular complexity index is 817. The van der Waals surface area contributed by atoms with E-state index in [1.54, 1.807) is 25.1 Å². The van der Waals surface area contributed by atoms with Crippen LogP contribution < -0.4 is 15.5 Å². The van der Waals surface area contributed by atoms with Crippen molar-refractivity contribution in [3.05, 3.63) is 42.5 Å². The number of amides is 3. The fraction of sp³-hybridized carbons (Fsp3) is 0.333. The predicted molar refractivity (Wildman–Crippen MR) is 102 cm³/mol. The average molecular weight is 370 g/mol. The minimum Gasteiger partial charge on any atom is -0.497 e. The van der Waals surface area contributed by atoms with E-state index in [4.69, 9.17) is 4.74 Å². The summed E-state index contributed by atoms with van der Waals surface area (Å²) in [4.78, 5) is 31.8. The first-order valence-corrected chi connectivity index (χ1v) is 8.44. The van der Waals surface area contributed by atoms with Gasteiger partial charge in [0.15, 0.2) is 12.2 Å². The summed E-state index contributed by atoms with van der Waals surface area (Å²) < 4.78 is 5.15. The van der Waals surface area contributed by atoms with E-state index in [9.17, 15) is 9.59 Å². The van der Waals surface area contributed by atoms with Crippen LogP contribution in [0.2, 0.25) is 0 Å². The SMILES string of the molecule is C=CCN1C(N/N=C(\C)c2ccc(OC)cc2)=NC2C1C(=O)NC(=O)N2C. The molecule has 0 spiro atoms. The Balaban J connectivity index is 1.82. The number of hydrogen-bond acceptors (Lipinski definition) is 7. The molecule has 1 fully saturated rings. The Morgan fingerprint density at radius 1 is 1.41 bits per heavy atom. The summed E-state index contributed by atoms with van der Waals surface area (Å²) in [5, 5.41) is 6.71. The van der Waals surface area contributed by atoms with Gasteiger partial charge in [-0.05, 0) is 36.8 Å². The molecule has 1 aromatic rings. The number of benzene rings is 1. The molecular weight excluding hydrogens is 348 g/mol. The van der Waals surface area contributed by atoms with Crippen LogP contribution in [0, 0.1) is 0 Å². The third kappa shape index (κ3) is 3.48. The molecule has 2 heterocycles. The monoisotopic (exact) mass is 370 g/mol. The van der Waals surface area contributed by atoms with Crippen LogP contribution in [0.25, 0.3) is 0 Å². The van der Waals surface area contributed by atoms with Gasteiger partial charge in [0.2, 0.25) is 5.96 Å². The van der Waals surface area contributed by atoms with Gasteiger partial charge in [0.25, 0.3) is 5.91 Å². The molecular formula is C18H22N6O3. The molecule has 3 rings (SSSR count). The van der Waals surface area contributed by atoms with Gasteiger partial charge in [0, 0.05) is 13.6 Å². The molecule has 1 saturated heterocycles. The van der Waals surface area contributed by atoms with Crippen LogP contribution in [0.1, 0.15) is 12.5 Å². The smallest absolute Gasteiger partial charge is 0.325 e. The zero-order valence-electron chi connectivity index (χ0n) is 15.5. The highest BCUT2D eigenvalue weighted by Crippen LogP contribution is 2.23. The van der Waals surface area contributed by atoms with Crippen molar-refractivity contribution < 1.29 is 14.3 Å². The number of hydrogen-bond donors (Lipinski definition) is 2. The number of urea groups is 1. The zero-order valence-corrected chi connectivity index (χ0v) is 15.5. The minimum absolute atomic E-state index is 0.388. The predicted octanol–water partition coefficient (Wildman–Crippen LogP) is 0.743. The van der Waals surface area contributed by atoms with E-state index in [1.165, 1.54) is 4.90 Å². The zero-order chi connectivity index (χ0) is 19.6. The number of aliphatic imine (C=N–C) groups is 1. The number of ether oxygens (including phenoxy) is 1. The quantitative estimate of drug-likeness (QED) is 0.453. The van der Waals surface area contributed by atoms with E-state index in [-0.39, 0.29) is 5.91 Å². The molecule has 0 aromatic heterocycles. The normalized spacial score (nSPS) is 22.2. The van der Waals surface area contributed by atoms with Crippen LogP contribution >= 0.6 is 0 Å². The van der Waals surface area contributed by atoms with Gasteiger partial charge in [-0.2, -0.15) is 5.10 Å². The number of likely N-dealkylation sites (N-methyl/N-ethyl adjacent to an activating group) is 1. The summed E-state index contributed by atoms with van der Waals surface area (Å²) in [5.41, 5.74) is 4.58. The molecule has 0 saturated carbocycles. The minimum atomic E-state index is -0.621. The van der Waals surface area contributed by atoms with E-state index in [0.29, 0.717) is 12.5 Å². The Morgan fingerprint density at radius 3 is 2.74 bits per heavy atom. The highest BCUT2D eigenvalue weighted by atomic mass is 16.5. The lowest BCUT2D eigenvalue weighted by Crippen LogP contribution is -2.64. The van der Waals surface area contributed by atoms with E-state index < -0.39 is 18.2 Å². The Morgan fingerprint density at radius 2 is 2.11 bits per heavy atom. The van der Waals surface area contributed by atoms with Gasteiger partial charge >= 0.3 is 6.03 Å². The number of carbonyl (C=O) groups excluding carboxylic acids is 2. The topological polar surface area (TPSA) is 98.6 Å². The molecule has 2 N–H and O–H groups in total. The number of hydrazone groups is 1. The number of carbonyl (C=O) groups is 2. The standard InChI is InChI=1S/C18H22N6O3/c1-5-10-24-14-15(23(3)18(26)20-16(14)25)19-17(24)22-21-11(2)12-6-8-13(27-4)9-7-12/h5-9,14-15H,1,10H2,2-4H3,(H,19,22)(H,20,25,26)/b21-11+. The molecule has 2 aliphatic rings. The van der Waals surface area contributed by atoms with Gasteiger partial charge in [-0.25, -0.2) is 15.2 Å². The second kappa shape index (κ2) is 7.48. The maximum Gasteiger partial charge on any atom is 0.325 e. The first-order valence-electron chi connectivity index (χ1n) is 8.44. The molecule has 0 aliphatic carbocycles. The summed E-state index contributed by atoms with van der Waals surface area (Å²) in [6, 6.07) is 6.41. The number of nitrogens with one attached hydrogen (secondary N) is 2. The molecule has 1 aromatic carbocycles. The van der Waals surface area contributed by atoms with Gasteiger partial charge in [0.05, 0.1) is 12.8 Å². The van der Waals surface area contributed by atoms with Crippen LogP contribution in [0.4, 0.5) is 4.79 Å². The summed E-state index contributed by atoms with van der Waals surface area (Å²) in [6.07, 6.45) is 1.06. The molecule has 2 atom stereocenters. The number of imide groups is 1. The molecule has 142 valence electrons. The average Bonchev–Trinajstić information content (AvgIpc) is 3.04. The molecule has 9 nitrogen and oxygen atoms in total. The Labute approximate surface area is 157 Å².